The van der Waals surface area contributed by atoms with E-state index in [0.29, 0.717) is 5.22 Å². The SMILES string of the molecule is NC(Cc1sccc1Br)c1ccc(Cl)o1. The molecule has 0 spiro atoms. The molecule has 2 N–H and O–H groups in total. The van der Waals surface area contributed by atoms with Crippen molar-refractivity contribution in [1.29, 1.82) is 0 Å². The van der Waals surface area contributed by atoms with Crippen LogP contribution in [0.1, 0.15) is 16.7 Å². The first-order valence-corrected chi connectivity index (χ1v) is 6.44. The van der Waals surface area contributed by atoms with Gasteiger partial charge in [0.2, 0.25) is 0 Å². The van der Waals surface area contributed by atoms with Crippen LogP contribution in [0.25, 0.3) is 0 Å². The van der Waals surface area contributed by atoms with Gasteiger partial charge >= 0.3 is 0 Å². The minimum absolute atomic E-state index is 0.146. The van der Waals surface area contributed by atoms with Crippen LogP contribution >= 0.6 is 38.9 Å². The molecule has 0 aliphatic rings. The van der Waals surface area contributed by atoms with Crippen LogP contribution in [-0.4, -0.2) is 0 Å². The van der Waals surface area contributed by atoms with Crippen LogP contribution in [0.3, 0.4) is 0 Å². The van der Waals surface area contributed by atoms with Gasteiger partial charge in [0, 0.05) is 15.8 Å². The predicted molar refractivity (Wildman–Crippen MR) is 66.4 cm³/mol. The maximum Gasteiger partial charge on any atom is 0.193 e. The average molecular weight is 307 g/mol. The summed E-state index contributed by atoms with van der Waals surface area (Å²) in [5.41, 5.74) is 6.00. The first kappa shape index (κ1) is 11.2. The fourth-order valence-electron chi connectivity index (χ4n) is 1.30. The number of hydrogen-bond acceptors (Lipinski definition) is 3. The van der Waals surface area contributed by atoms with Crippen molar-refractivity contribution in [1.82, 2.24) is 0 Å². The van der Waals surface area contributed by atoms with Crippen LogP contribution in [0.2, 0.25) is 5.22 Å². The highest BCUT2D eigenvalue weighted by Crippen LogP contribution is 2.28. The number of halogens is 2. The van der Waals surface area contributed by atoms with Crippen molar-refractivity contribution in [2.24, 2.45) is 5.73 Å². The van der Waals surface area contributed by atoms with Crippen LogP contribution in [0.5, 0.6) is 0 Å². The Kier molecular flexibility index (Phi) is 3.51. The van der Waals surface area contributed by atoms with Gasteiger partial charge < -0.3 is 10.2 Å². The lowest BCUT2D eigenvalue weighted by Crippen LogP contribution is -2.11. The number of furan rings is 1. The van der Waals surface area contributed by atoms with E-state index < -0.39 is 0 Å². The minimum atomic E-state index is -0.146. The van der Waals surface area contributed by atoms with Gasteiger partial charge in [-0.1, -0.05) is 0 Å². The highest BCUT2D eigenvalue weighted by molar-refractivity contribution is 9.10. The van der Waals surface area contributed by atoms with E-state index in [1.807, 2.05) is 17.5 Å². The molecule has 0 aliphatic carbocycles. The largest absolute Gasteiger partial charge is 0.448 e. The van der Waals surface area contributed by atoms with Gasteiger partial charge in [-0.05, 0) is 51.1 Å². The molecule has 0 saturated carbocycles. The lowest BCUT2D eigenvalue weighted by atomic mass is 10.1. The number of thiophene rings is 1. The third kappa shape index (κ3) is 2.64. The summed E-state index contributed by atoms with van der Waals surface area (Å²) in [5, 5.41) is 2.41. The van der Waals surface area contributed by atoms with Gasteiger partial charge in [-0.2, -0.15) is 0 Å². The van der Waals surface area contributed by atoms with Gasteiger partial charge in [0.25, 0.3) is 0 Å². The molecular formula is C10H9BrClNOS. The molecule has 15 heavy (non-hydrogen) atoms. The molecule has 2 rings (SSSR count). The molecule has 2 heterocycles. The van der Waals surface area contributed by atoms with E-state index in [1.165, 1.54) is 4.88 Å². The molecule has 0 fully saturated rings. The second-order valence-electron chi connectivity index (χ2n) is 3.14. The molecule has 2 aromatic rings. The molecule has 2 nitrogen and oxygen atoms in total. The molecule has 0 aliphatic heterocycles. The van der Waals surface area contributed by atoms with E-state index in [2.05, 4.69) is 15.9 Å². The summed E-state index contributed by atoms with van der Waals surface area (Å²) in [6, 6.07) is 5.39. The second-order valence-corrected chi connectivity index (χ2v) is 5.37. The lowest BCUT2D eigenvalue weighted by Gasteiger charge is -2.07. The Hall–Kier alpha value is -0.290. The summed E-state index contributed by atoms with van der Waals surface area (Å²) in [6.07, 6.45) is 0.752. The standard InChI is InChI=1S/C10H9BrClNOS/c11-6-3-4-15-9(6)5-7(13)8-1-2-10(12)14-8/h1-4,7H,5,13H2. The average Bonchev–Trinajstić information content (AvgIpc) is 2.77. The number of rotatable bonds is 3. The Bertz CT molecular complexity index is 454. The Labute approximate surface area is 105 Å². The summed E-state index contributed by atoms with van der Waals surface area (Å²) in [6.45, 7) is 0. The van der Waals surface area contributed by atoms with Gasteiger partial charge in [0.15, 0.2) is 5.22 Å². The molecule has 0 amide bonds. The van der Waals surface area contributed by atoms with Gasteiger partial charge in [0.05, 0.1) is 6.04 Å². The highest BCUT2D eigenvalue weighted by atomic mass is 79.9. The molecule has 80 valence electrons. The molecule has 0 saturated heterocycles. The summed E-state index contributed by atoms with van der Waals surface area (Å²) in [7, 11) is 0. The molecule has 0 bridgehead atoms. The first-order chi connectivity index (χ1) is 7.16. The maximum absolute atomic E-state index is 6.00. The number of nitrogens with two attached hydrogens (primary N) is 1. The van der Waals surface area contributed by atoms with Crippen LogP contribution in [-0.2, 0) is 6.42 Å². The Morgan fingerprint density at radius 3 is 2.80 bits per heavy atom. The molecule has 5 heteroatoms. The van der Waals surface area contributed by atoms with Crippen LogP contribution in [0.4, 0.5) is 0 Å². The summed E-state index contributed by atoms with van der Waals surface area (Å²) >= 11 is 10.8. The smallest absolute Gasteiger partial charge is 0.193 e. The molecular weight excluding hydrogens is 298 g/mol. The van der Waals surface area contributed by atoms with Gasteiger partial charge in [0.1, 0.15) is 5.76 Å². The van der Waals surface area contributed by atoms with Gasteiger partial charge in [-0.25, -0.2) is 0 Å². The fraction of sp³-hybridized carbons (Fsp3) is 0.200. The zero-order chi connectivity index (χ0) is 10.8. The van der Waals surface area contributed by atoms with Crippen molar-refractivity contribution in [3.8, 4) is 0 Å². The highest BCUT2D eigenvalue weighted by Gasteiger charge is 2.13. The third-order valence-electron chi connectivity index (χ3n) is 2.06. The molecule has 1 unspecified atom stereocenters. The molecule has 1 atom stereocenters. The van der Waals surface area contributed by atoms with Crippen molar-refractivity contribution < 1.29 is 4.42 Å². The summed E-state index contributed by atoms with van der Waals surface area (Å²) < 4.78 is 6.36. The quantitative estimate of drug-likeness (QED) is 0.931. The first-order valence-electron chi connectivity index (χ1n) is 4.39. The Morgan fingerprint density at radius 1 is 1.47 bits per heavy atom. The van der Waals surface area contributed by atoms with Gasteiger partial charge in [-0.3, -0.25) is 0 Å². The van der Waals surface area contributed by atoms with Crippen LogP contribution in [0.15, 0.2) is 32.5 Å². The van der Waals surface area contributed by atoms with Gasteiger partial charge in [-0.15, -0.1) is 11.3 Å². The lowest BCUT2D eigenvalue weighted by molar-refractivity contribution is 0.467. The third-order valence-corrected chi connectivity index (χ3v) is 4.21. The monoisotopic (exact) mass is 305 g/mol. The van der Waals surface area contributed by atoms with Crippen LogP contribution in [0, 0.1) is 0 Å². The van der Waals surface area contributed by atoms with Crippen molar-refractivity contribution in [3.05, 3.63) is 43.9 Å². The zero-order valence-electron chi connectivity index (χ0n) is 7.74. The van der Waals surface area contributed by atoms with Crippen LogP contribution < -0.4 is 5.73 Å². The van der Waals surface area contributed by atoms with Crippen molar-refractivity contribution in [3.63, 3.8) is 0 Å². The summed E-state index contributed by atoms with van der Waals surface area (Å²) in [5.74, 6) is 0.723. The normalized spacial score (nSPS) is 13.0. The van der Waals surface area contributed by atoms with E-state index in [0.717, 1.165) is 16.7 Å². The molecule has 0 radical (unpaired) electrons. The van der Waals surface area contributed by atoms with Crippen molar-refractivity contribution >= 4 is 38.9 Å². The predicted octanol–water partition coefficient (Wildman–Crippen LogP) is 4.00. The maximum atomic E-state index is 6.00. The van der Waals surface area contributed by atoms with Crippen molar-refractivity contribution in [2.75, 3.05) is 0 Å². The Balaban J connectivity index is 2.10. The van der Waals surface area contributed by atoms with E-state index in [1.54, 1.807) is 17.4 Å². The van der Waals surface area contributed by atoms with E-state index in [4.69, 9.17) is 21.8 Å². The second kappa shape index (κ2) is 4.70. The molecule has 0 aromatic carbocycles. The summed E-state index contributed by atoms with van der Waals surface area (Å²) in [4.78, 5) is 1.22. The Morgan fingerprint density at radius 2 is 2.27 bits per heavy atom. The fourth-order valence-corrected chi connectivity index (χ4v) is 3.02. The zero-order valence-corrected chi connectivity index (χ0v) is 10.9. The minimum Gasteiger partial charge on any atom is -0.448 e. The molecule has 2 aromatic heterocycles. The van der Waals surface area contributed by atoms with E-state index in [-0.39, 0.29) is 6.04 Å². The van der Waals surface area contributed by atoms with E-state index in [9.17, 15) is 0 Å². The number of hydrogen-bond donors (Lipinski definition) is 1. The van der Waals surface area contributed by atoms with Crippen molar-refractivity contribution in [2.45, 2.75) is 12.5 Å². The van der Waals surface area contributed by atoms with E-state index >= 15 is 0 Å². The topological polar surface area (TPSA) is 39.2 Å².